The highest BCUT2D eigenvalue weighted by Crippen LogP contribution is 2.28. The Morgan fingerprint density at radius 1 is 0.852 bits per heavy atom. The molecule has 0 amide bonds. The van der Waals surface area contributed by atoms with Crippen LogP contribution in [0.25, 0.3) is 10.9 Å². The molecule has 0 bridgehead atoms. The van der Waals surface area contributed by atoms with E-state index in [1.165, 1.54) is 5.56 Å². The molecule has 2 aromatic heterocycles. The molecule has 4 rings (SSSR count). The lowest BCUT2D eigenvalue weighted by molar-refractivity contribution is 0.955. The zero-order chi connectivity index (χ0) is 18.8. The third-order valence-corrected chi connectivity index (χ3v) is 4.53. The van der Waals surface area contributed by atoms with Crippen LogP contribution in [0.15, 0.2) is 60.9 Å². The van der Waals surface area contributed by atoms with Gasteiger partial charge in [-0.05, 0) is 49.2 Å². The molecule has 0 aliphatic rings. The van der Waals surface area contributed by atoms with E-state index in [9.17, 15) is 0 Å². The average molecular weight is 355 g/mol. The van der Waals surface area contributed by atoms with Gasteiger partial charge in [0.05, 0.1) is 5.52 Å². The number of hydrogen-bond donors (Lipinski definition) is 0. The smallest absolute Gasteiger partial charge is 0.144 e. The highest BCUT2D eigenvalue weighted by atomic mass is 15.2. The van der Waals surface area contributed by atoms with Gasteiger partial charge >= 0.3 is 0 Å². The Kier molecular flexibility index (Phi) is 4.50. The van der Waals surface area contributed by atoms with Crippen molar-refractivity contribution in [2.75, 3.05) is 11.9 Å². The van der Waals surface area contributed by atoms with E-state index in [4.69, 9.17) is 0 Å². The second-order valence-corrected chi connectivity index (χ2v) is 6.69. The predicted octanol–water partition coefficient (Wildman–Crippen LogP) is 4.40. The Balaban J connectivity index is 1.61. The summed E-state index contributed by atoms with van der Waals surface area (Å²) in [5, 5.41) is 1.04. The van der Waals surface area contributed by atoms with Crippen LogP contribution in [-0.4, -0.2) is 27.0 Å². The molecule has 4 aromatic rings. The largest absolute Gasteiger partial charge is 0.329 e. The van der Waals surface area contributed by atoms with E-state index < -0.39 is 0 Å². The highest BCUT2D eigenvalue weighted by Gasteiger charge is 2.12. The summed E-state index contributed by atoms with van der Waals surface area (Å²) in [7, 11) is 2.03. The highest BCUT2D eigenvalue weighted by molar-refractivity contribution is 5.91. The number of aromatic nitrogens is 4. The molecule has 2 aromatic carbocycles. The molecule has 5 nitrogen and oxygen atoms in total. The molecule has 0 fully saturated rings. The first-order valence-electron chi connectivity index (χ1n) is 8.94. The van der Waals surface area contributed by atoms with Gasteiger partial charge in [0.2, 0.25) is 0 Å². The molecule has 2 heterocycles. The normalized spacial score (nSPS) is 10.9. The second-order valence-electron chi connectivity index (χ2n) is 6.69. The van der Waals surface area contributed by atoms with Crippen molar-refractivity contribution in [1.29, 1.82) is 0 Å². The van der Waals surface area contributed by atoms with Crippen LogP contribution in [0, 0.1) is 13.8 Å². The van der Waals surface area contributed by atoms with Gasteiger partial charge < -0.3 is 4.90 Å². The molecular formula is C22H21N5. The SMILES string of the molecule is Cc1cnc(Cc2ccc(N(C)c3nc(C)nc4ccccc34)cc2)nc1. The third-order valence-electron chi connectivity index (χ3n) is 4.53. The van der Waals surface area contributed by atoms with Crippen LogP contribution in [-0.2, 0) is 6.42 Å². The quantitative estimate of drug-likeness (QED) is 0.543. The number of benzene rings is 2. The monoisotopic (exact) mass is 355 g/mol. The average Bonchev–Trinajstić information content (AvgIpc) is 2.69. The lowest BCUT2D eigenvalue weighted by Crippen LogP contribution is -2.13. The van der Waals surface area contributed by atoms with Gasteiger partial charge in [0.15, 0.2) is 0 Å². The van der Waals surface area contributed by atoms with E-state index in [1.54, 1.807) is 0 Å². The fourth-order valence-corrected chi connectivity index (χ4v) is 3.08. The van der Waals surface area contributed by atoms with Crippen molar-refractivity contribution in [3.8, 4) is 0 Å². The van der Waals surface area contributed by atoms with Crippen molar-refractivity contribution in [2.24, 2.45) is 0 Å². The molecular weight excluding hydrogens is 334 g/mol. The zero-order valence-electron chi connectivity index (χ0n) is 15.7. The molecule has 0 aliphatic carbocycles. The summed E-state index contributed by atoms with van der Waals surface area (Å²) in [5.41, 5.74) is 4.29. The summed E-state index contributed by atoms with van der Waals surface area (Å²) in [6, 6.07) is 16.5. The van der Waals surface area contributed by atoms with E-state index in [-0.39, 0.29) is 0 Å². The molecule has 134 valence electrons. The Hall–Kier alpha value is -3.34. The standard InChI is InChI=1S/C22H21N5/c1-15-13-23-21(24-14-15)12-17-8-10-18(11-9-17)27(3)22-19-6-4-5-7-20(19)25-16(2)26-22/h4-11,13-14H,12H2,1-3H3. The third kappa shape index (κ3) is 3.62. The maximum atomic E-state index is 4.67. The number of hydrogen-bond acceptors (Lipinski definition) is 5. The van der Waals surface area contributed by atoms with Crippen LogP contribution >= 0.6 is 0 Å². The summed E-state index contributed by atoms with van der Waals surface area (Å²) in [5.74, 6) is 2.51. The maximum absolute atomic E-state index is 4.67. The van der Waals surface area contributed by atoms with E-state index in [2.05, 4.69) is 55.2 Å². The van der Waals surface area contributed by atoms with Gasteiger partial charge in [0.25, 0.3) is 0 Å². The van der Waals surface area contributed by atoms with E-state index in [1.807, 2.05) is 51.5 Å². The lowest BCUT2D eigenvalue weighted by Gasteiger charge is -2.20. The molecule has 0 saturated carbocycles. The summed E-state index contributed by atoms with van der Waals surface area (Å²) in [6.07, 6.45) is 4.43. The van der Waals surface area contributed by atoms with Gasteiger partial charge in [-0.15, -0.1) is 0 Å². The molecule has 0 saturated heterocycles. The fourth-order valence-electron chi connectivity index (χ4n) is 3.08. The van der Waals surface area contributed by atoms with Crippen molar-refractivity contribution in [3.63, 3.8) is 0 Å². The van der Waals surface area contributed by atoms with Crippen molar-refractivity contribution in [3.05, 3.63) is 83.7 Å². The Labute approximate surface area is 158 Å². The van der Waals surface area contributed by atoms with Crippen molar-refractivity contribution >= 4 is 22.4 Å². The van der Waals surface area contributed by atoms with Crippen molar-refractivity contribution < 1.29 is 0 Å². The summed E-state index contributed by atoms with van der Waals surface area (Å²) in [6.45, 7) is 3.92. The van der Waals surface area contributed by atoms with E-state index in [0.717, 1.165) is 46.0 Å². The summed E-state index contributed by atoms with van der Waals surface area (Å²) >= 11 is 0. The first kappa shape index (κ1) is 17.1. The molecule has 0 N–H and O–H groups in total. The van der Waals surface area contributed by atoms with Gasteiger partial charge in [0, 0.05) is 36.9 Å². The molecule has 0 spiro atoms. The van der Waals surface area contributed by atoms with Crippen LogP contribution in [0.1, 0.15) is 22.8 Å². The minimum Gasteiger partial charge on any atom is -0.329 e. The van der Waals surface area contributed by atoms with Gasteiger partial charge in [-0.2, -0.15) is 0 Å². The molecule has 5 heteroatoms. The van der Waals surface area contributed by atoms with E-state index >= 15 is 0 Å². The number of aryl methyl sites for hydroxylation is 2. The summed E-state index contributed by atoms with van der Waals surface area (Å²) < 4.78 is 0. The predicted molar refractivity (Wildman–Crippen MR) is 108 cm³/mol. The first-order valence-corrected chi connectivity index (χ1v) is 8.94. The molecule has 0 atom stereocenters. The number of para-hydroxylation sites is 1. The molecule has 27 heavy (non-hydrogen) atoms. The fraction of sp³-hybridized carbons (Fsp3) is 0.182. The Morgan fingerprint density at radius 2 is 1.56 bits per heavy atom. The second kappa shape index (κ2) is 7.11. The Morgan fingerprint density at radius 3 is 2.30 bits per heavy atom. The van der Waals surface area contributed by atoms with Gasteiger partial charge in [-0.3, -0.25) is 0 Å². The first-order chi connectivity index (χ1) is 13.1. The number of rotatable bonds is 4. The lowest BCUT2D eigenvalue weighted by atomic mass is 10.1. The topological polar surface area (TPSA) is 54.8 Å². The van der Waals surface area contributed by atoms with Gasteiger partial charge in [0.1, 0.15) is 17.5 Å². The number of nitrogens with zero attached hydrogens (tertiary/aromatic N) is 5. The summed E-state index contributed by atoms with van der Waals surface area (Å²) in [4.78, 5) is 20.1. The molecule has 0 unspecified atom stereocenters. The molecule has 0 radical (unpaired) electrons. The maximum Gasteiger partial charge on any atom is 0.144 e. The number of anilines is 2. The van der Waals surface area contributed by atoms with E-state index in [0.29, 0.717) is 0 Å². The van der Waals surface area contributed by atoms with Gasteiger partial charge in [-0.25, -0.2) is 19.9 Å². The van der Waals surface area contributed by atoms with Gasteiger partial charge in [-0.1, -0.05) is 24.3 Å². The van der Waals surface area contributed by atoms with Crippen LogP contribution in [0.4, 0.5) is 11.5 Å². The van der Waals surface area contributed by atoms with Crippen LogP contribution in [0.3, 0.4) is 0 Å². The van der Waals surface area contributed by atoms with Crippen LogP contribution < -0.4 is 4.90 Å². The van der Waals surface area contributed by atoms with Crippen molar-refractivity contribution in [2.45, 2.75) is 20.3 Å². The molecule has 0 aliphatic heterocycles. The minimum atomic E-state index is 0.722. The zero-order valence-corrected chi connectivity index (χ0v) is 15.7. The Bertz CT molecular complexity index is 1070. The van der Waals surface area contributed by atoms with Crippen molar-refractivity contribution in [1.82, 2.24) is 19.9 Å². The van der Waals surface area contributed by atoms with Crippen LogP contribution in [0.2, 0.25) is 0 Å². The minimum absolute atomic E-state index is 0.722. The number of fused-ring (bicyclic) bond motifs is 1. The van der Waals surface area contributed by atoms with Crippen LogP contribution in [0.5, 0.6) is 0 Å².